The molecule has 2 heterocycles. The van der Waals surface area contributed by atoms with Crippen LogP contribution in [-0.2, 0) is 6.42 Å². The maximum Gasteiger partial charge on any atom is 0.257 e. The number of carbonyl (C=O) groups is 1. The SMILES string of the molecule is CCC(C)CN1CCC(C(Cc2ccccc2F)N(C)C(=O)c2ccoc2C)CC1. The number of aryl methyl sites for hydroxylation is 1. The number of rotatable bonds is 8. The van der Waals surface area contributed by atoms with Crippen LogP contribution in [0.5, 0.6) is 0 Å². The number of hydrogen-bond acceptors (Lipinski definition) is 3. The first-order chi connectivity index (χ1) is 14.4. The normalized spacial score (nSPS) is 17.6. The van der Waals surface area contributed by atoms with E-state index in [2.05, 4.69) is 18.7 Å². The molecule has 1 aromatic heterocycles. The number of hydrogen-bond donors (Lipinski definition) is 0. The van der Waals surface area contributed by atoms with E-state index >= 15 is 0 Å². The molecule has 0 bridgehead atoms. The standard InChI is InChI=1S/C25H35FN2O2/c1-5-18(2)17-28-13-10-20(11-14-28)24(16-21-8-6-7-9-23(21)26)27(4)25(29)22-12-15-30-19(22)3/h6-9,12,15,18,20,24H,5,10-11,13-14,16-17H2,1-4H3. The van der Waals surface area contributed by atoms with Gasteiger partial charge in [-0.2, -0.15) is 0 Å². The zero-order valence-electron chi connectivity index (χ0n) is 18.7. The number of carbonyl (C=O) groups excluding carboxylic acids is 1. The van der Waals surface area contributed by atoms with Gasteiger partial charge in [0.05, 0.1) is 11.8 Å². The molecule has 5 heteroatoms. The van der Waals surface area contributed by atoms with E-state index in [-0.39, 0.29) is 17.8 Å². The highest BCUT2D eigenvalue weighted by Crippen LogP contribution is 2.29. The summed E-state index contributed by atoms with van der Waals surface area (Å²) in [5.41, 5.74) is 1.26. The number of amides is 1. The van der Waals surface area contributed by atoms with Crippen LogP contribution in [0.1, 0.15) is 54.8 Å². The number of furan rings is 1. The van der Waals surface area contributed by atoms with Crippen LogP contribution in [0.15, 0.2) is 41.0 Å². The minimum Gasteiger partial charge on any atom is -0.469 e. The summed E-state index contributed by atoms with van der Waals surface area (Å²) in [6, 6.07) is 8.60. The molecule has 1 amide bonds. The van der Waals surface area contributed by atoms with E-state index in [1.807, 2.05) is 24.1 Å². The molecule has 4 nitrogen and oxygen atoms in total. The van der Waals surface area contributed by atoms with Crippen molar-refractivity contribution in [1.29, 1.82) is 0 Å². The zero-order chi connectivity index (χ0) is 21.7. The Balaban J connectivity index is 1.77. The van der Waals surface area contributed by atoms with Crippen molar-refractivity contribution in [3.63, 3.8) is 0 Å². The number of piperidine rings is 1. The molecule has 164 valence electrons. The molecule has 3 rings (SSSR count). The lowest BCUT2D eigenvalue weighted by Crippen LogP contribution is -2.48. The Labute approximate surface area is 180 Å². The monoisotopic (exact) mass is 414 g/mol. The van der Waals surface area contributed by atoms with E-state index in [0.717, 1.165) is 32.5 Å². The summed E-state index contributed by atoms with van der Waals surface area (Å²) < 4.78 is 19.8. The van der Waals surface area contributed by atoms with Gasteiger partial charge in [-0.25, -0.2) is 4.39 Å². The van der Waals surface area contributed by atoms with Crippen molar-refractivity contribution in [2.75, 3.05) is 26.7 Å². The molecule has 1 aromatic carbocycles. The van der Waals surface area contributed by atoms with Crippen molar-refractivity contribution in [3.05, 3.63) is 59.3 Å². The first-order valence-corrected chi connectivity index (χ1v) is 11.2. The Kier molecular flexibility index (Phi) is 7.70. The van der Waals surface area contributed by atoms with E-state index in [4.69, 9.17) is 4.42 Å². The van der Waals surface area contributed by atoms with E-state index < -0.39 is 0 Å². The average molecular weight is 415 g/mol. The molecule has 0 spiro atoms. The van der Waals surface area contributed by atoms with Gasteiger partial charge in [0.2, 0.25) is 0 Å². The second-order valence-corrected chi connectivity index (χ2v) is 8.82. The third-order valence-electron chi connectivity index (χ3n) is 6.74. The predicted molar refractivity (Wildman–Crippen MR) is 118 cm³/mol. The lowest BCUT2D eigenvalue weighted by atomic mass is 9.84. The predicted octanol–water partition coefficient (Wildman–Crippen LogP) is 5.17. The fraction of sp³-hybridized carbons (Fsp3) is 0.560. The van der Waals surface area contributed by atoms with Crippen LogP contribution in [-0.4, -0.2) is 48.4 Å². The van der Waals surface area contributed by atoms with Crippen molar-refractivity contribution in [2.45, 2.75) is 52.5 Å². The number of benzene rings is 1. The van der Waals surface area contributed by atoms with E-state index in [1.54, 1.807) is 25.3 Å². The summed E-state index contributed by atoms with van der Waals surface area (Å²) in [5, 5.41) is 0. The van der Waals surface area contributed by atoms with Crippen LogP contribution in [0.4, 0.5) is 4.39 Å². The highest BCUT2D eigenvalue weighted by Gasteiger charge is 2.33. The van der Waals surface area contributed by atoms with Crippen LogP contribution in [0.2, 0.25) is 0 Å². The quantitative estimate of drug-likeness (QED) is 0.598. The Morgan fingerprint density at radius 3 is 2.57 bits per heavy atom. The second-order valence-electron chi connectivity index (χ2n) is 8.82. The molecular formula is C25H35FN2O2. The van der Waals surface area contributed by atoms with Gasteiger partial charge in [-0.1, -0.05) is 38.5 Å². The van der Waals surface area contributed by atoms with Crippen LogP contribution in [0.25, 0.3) is 0 Å². The lowest BCUT2D eigenvalue weighted by molar-refractivity contribution is 0.0576. The summed E-state index contributed by atoms with van der Waals surface area (Å²) in [6.45, 7) is 9.54. The third-order valence-corrected chi connectivity index (χ3v) is 6.74. The fourth-order valence-corrected chi connectivity index (χ4v) is 4.55. The smallest absolute Gasteiger partial charge is 0.257 e. The molecule has 0 aliphatic carbocycles. The Morgan fingerprint density at radius 2 is 1.97 bits per heavy atom. The molecule has 1 aliphatic heterocycles. The molecule has 0 N–H and O–H groups in total. The van der Waals surface area contributed by atoms with E-state index in [0.29, 0.717) is 35.1 Å². The van der Waals surface area contributed by atoms with Gasteiger partial charge in [-0.05, 0) is 68.8 Å². The van der Waals surface area contributed by atoms with Crippen LogP contribution >= 0.6 is 0 Å². The maximum absolute atomic E-state index is 14.4. The molecule has 2 atom stereocenters. The Hall–Kier alpha value is -2.14. The first-order valence-electron chi connectivity index (χ1n) is 11.2. The third kappa shape index (κ3) is 5.31. The second kappa shape index (κ2) is 10.3. The van der Waals surface area contributed by atoms with Gasteiger partial charge >= 0.3 is 0 Å². The summed E-state index contributed by atoms with van der Waals surface area (Å²) in [6.07, 6.45) is 5.32. The zero-order valence-corrected chi connectivity index (χ0v) is 18.7. The largest absolute Gasteiger partial charge is 0.469 e. The van der Waals surface area contributed by atoms with Gasteiger partial charge in [-0.3, -0.25) is 4.79 Å². The Morgan fingerprint density at radius 1 is 1.27 bits per heavy atom. The van der Waals surface area contributed by atoms with Crippen LogP contribution in [0, 0.1) is 24.6 Å². The first kappa shape index (κ1) is 22.5. The number of nitrogens with zero attached hydrogens (tertiary/aromatic N) is 2. The van der Waals surface area contributed by atoms with Gasteiger partial charge in [-0.15, -0.1) is 0 Å². The molecule has 1 fully saturated rings. The van der Waals surface area contributed by atoms with Crippen molar-refractivity contribution >= 4 is 5.91 Å². The minimum absolute atomic E-state index is 0.0468. The van der Waals surface area contributed by atoms with E-state index in [9.17, 15) is 9.18 Å². The van der Waals surface area contributed by atoms with Gasteiger partial charge in [0, 0.05) is 19.6 Å². The maximum atomic E-state index is 14.4. The Bertz CT molecular complexity index is 826. The summed E-state index contributed by atoms with van der Waals surface area (Å²) in [7, 11) is 1.85. The van der Waals surface area contributed by atoms with Crippen molar-refractivity contribution in [2.24, 2.45) is 11.8 Å². The van der Waals surface area contributed by atoms with Crippen LogP contribution in [0.3, 0.4) is 0 Å². The molecule has 2 unspecified atom stereocenters. The molecule has 30 heavy (non-hydrogen) atoms. The number of likely N-dealkylation sites (tertiary alicyclic amines) is 1. The summed E-state index contributed by atoms with van der Waals surface area (Å²) >= 11 is 0. The van der Waals surface area contributed by atoms with Crippen molar-refractivity contribution < 1.29 is 13.6 Å². The highest BCUT2D eigenvalue weighted by atomic mass is 19.1. The summed E-state index contributed by atoms with van der Waals surface area (Å²) in [4.78, 5) is 17.5. The van der Waals surface area contributed by atoms with Crippen molar-refractivity contribution in [1.82, 2.24) is 9.80 Å². The lowest BCUT2D eigenvalue weighted by Gasteiger charge is -2.40. The van der Waals surface area contributed by atoms with Gasteiger partial charge in [0.25, 0.3) is 5.91 Å². The molecule has 0 saturated carbocycles. The minimum atomic E-state index is -0.197. The topological polar surface area (TPSA) is 36.7 Å². The van der Waals surface area contributed by atoms with E-state index in [1.165, 1.54) is 12.5 Å². The number of halogens is 1. The van der Waals surface area contributed by atoms with Crippen LogP contribution < -0.4 is 0 Å². The van der Waals surface area contributed by atoms with Gasteiger partial charge in [0.1, 0.15) is 11.6 Å². The average Bonchev–Trinajstić information content (AvgIpc) is 3.18. The molecular weight excluding hydrogens is 379 g/mol. The molecule has 1 saturated heterocycles. The fourth-order valence-electron chi connectivity index (χ4n) is 4.55. The molecule has 2 aromatic rings. The number of likely N-dealkylation sites (N-methyl/N-ethyl adjacent to an activating group) is 1. The van der Waals surface area contributed by atoms with Gasteiger partial charge < -0.3 is 14.2 Å². The van der Waals surface area contributed by atoms with Crippen molar-refractivity contribution in [3.8, 4) is 0 Å². The highest BCUT2D eigenvalue weighted by molar-refractivity contribution is 5.95. The summed E-state index contributed by atoms with van der Waals surface area (Å²) in [5.74, 6) is 1.42. The van der Waals surface area contributed by atoms with Gasteiger partial charge in [0.15, 0.2) is 0 Å². The molecule has 0 radical (unpaired) electrons. The molecule has 1 aliphatic rings.